The highest BCUT2D eigenvalue weighted by Gasteiger charge is 2.42. The van der Waals surface area contributed by atoms with Crippen LogP contribution in [-0.2, 0) is 25.4 Å². The van der Waals surface area contributed by atoms with Crippen LogP contribution in [0.2, 0.25) is 0 Å². The number of nitrogens with one attached hydrogen (secondary N) is 3. The molecule has 1 aromatic carbocycles. The lowest BCUT2D eigenvalue weighted by Gasteiger charge is -2.34. The first-order valence-electron chi connectivity index (χ1n) is 11.4. The highest BCUT2D eigenvalue weighted by molar-refractivity contribution is 7.89. The third kappa shape index (κ3) is 4.51. The van der Waals surface area contributed by atoms with Crippen LogP contribution >= 0.6 is 0 Å². The molecule has 0 bridgehead atoms. The minimum Gasteiger partial charge on any atom is -0.463 e. The van der Waals surface area contributed by atoms with Crippen LogP contribution in [0.1, 0.15) is 43.4 Å². The zero-order valence-electron chi connectivity index (χ0n) is 18.5. The first kappa shape index (κ1) is 22.4. The van der Waals surface area contributed by atoms with Crippen LogP contribution in [0.15, 0.2) is 70.6 Å². The van der Waals surface area contributed by atoms with Crippen LogP contribution in [0.3, 0.4) is 0 Å². The van der Waals surface area contributed by atoms with E-state index in [4.69, 9.17) is 4.42 Å². The number of fused-ring (bicyclic) bond motifs is 1. The van der Waals surface area contributed by atoms with Crippen LogP contribution in [0, 0.1) is 5.92 Å². The van der Waals surface area contributed by atoms with E-state index >= 15 is 0 Å². The van der Waals surface area contributed by atoms with Crippen LogP contribution in [0.25, 0.3) is 5.70 Å². The molecule has 2 aromatic rings. The Kier molecular flexibility index (Phi) is 6.01. The van der Waals surface area contributed by atoms with Crippen molar-refractivity contribution in [1.82, 2.24) is 20.5 Å². The SMILES string of the molecule is O=C(NS(=O)(=O)Cc1ccccc1)C1C=C2NC(c3ccco3)=C(C3CCCCC3)C(=O)N2N1. The Morgan fingerprint density at radius 1 is 1.09 bits per heavy atom. The number of hydrazine groups is 1. The number of hydrogen-bond donors (Lipinski definition) is 3. The van der Waals surface area contributed by atoms with Gasteiger partial charge in [0.2, 0.25) is 10.0 Å². The number of rotatable bonds is 6. The molecule has 3 heterocycles. The zero-order chi connectivity index (χ0) is 23.7. The fraction of sp³-hybridized carbons (Fsp3) is 0.333. The van der Waals surface area contributed by atoms with Gasteiger partial charge < -0.3 is 9.73 Å². The molecule has 34 heavy (non-hydrogen) atoms. The van der Waals surface area contributed by atoms with Gasteiger partial charge in [-0.15, -0.1) is 0 Å². The maximum absolute atomic E-state index is 13.5. The normalized spacial score (nSPS) is 21.2. The van der Waals surface area contributed by atoms with Gasteiger partial charge in [0.25, 0.3) is 11.8 Å². The standard InChI is InChI=1S/C24H26N4O5S/c29-23(27-34(31,32)15-16-8-3-1-4-9-16)18-14-20-25-22(19-12-7-13-33-19)21(24(30)28(20)26-18)17-10-5-2-6-11-17/h1,3-4,7-9,12-14,17-18,25-26H,2,5-6,10-11,15H2,(H,27,29). The molecule has 5 rings (SSSR count). The molecule has 2 amide bonds. The van der Waals surface area contributed by atoms with Crippen molar-refractivity contribution in [3.8, 4) is 0 Å². The molecule has 3 N–H and O–H groups in total. The maximum Gasteiger partial charge on any atom is 0.272 e. The number of furan rings is 1. The van der Waals surface area contributed by atoms with E-state index in [-0.39, 0.29) is 17.6 Å². The molecule has 178 valence electrons. The van der Waals surface area contributed by atoms with Crippen LogP contribution in [0.4, 0.5) is 0 Å². The fourth-order valence-corrected chi connectivity index (χ4v) is 5.87. The summed E-state index contributed by atoms with van der Waals surface area (Å²) in [5.41, 5.74) is 4.64. The number of benzene rings is 1. The Labute approximate surface area is 197 Å². The highest BCUT2D eigenvalue weighted by atomic mass is 32.2. The van der Waals surface area contributed by atoms with Gasteiger partial charge in [-0.25, -0.2) is 18.9 Å². The minimum absolute atomic E-state index is 0.0799. The van der Waals surface area contributed by atoms with Gasteiger partial charge in [-0.2, -0.15) is 0 Å². The Bertz CT molecular complexity index is 1250. The maximum atomic E-state index is 13.5. The number of hydrogen-bond acceptors (Lipinski definition) is 7. The third-order valence-electron chi connectivity index (χ3n) is 6.31. The van der Waals surface area contributed by atoms with Gasteiger partial charge in [0.05, 0.1) is 17.7 Å². The van der Waals surface area contributed by atoms with E-state index in [1.807, 2.05) is 0 Å². The first-order valence-corrected chi connectivity index (χ1v) is 13.0. The van der Waals surface area contributed by atoms with Crippen molar-refractivity contribution in [1.29, 1.82) is 0 Å². The second-order valence-electron chi connectivity index (χ2n) is 8.74. The van der Waals surface area contributed by atoms with E-state index in [0.29, 0.717) is 28.4 Å². The molecule has 1 atom stereocenters. The molecule has 9 nitrogen and oxygen atoms in total. The molecule has 1 aromatic heterocycles. The number of sulfonamides is 1. The monoisotopic (exact) mass is 482 g/mol. The lowest BCUT2D eigenvalue weighted by Crippen LogP contribution is -2.52. The molecular weight excluding hydrogens is 456 g/mol. The molecule has 1 unspecified atom stereocenters. The van der Waals surface area contributed by atoms with Crippen molar-refractivity contribution < 1.29 is 22.4 Å². The van der Waals surface area contributed by atoms with Gasteiger partial charge in [-0.05, 0) is 42.5 Å². The smallest absolute Gasteiger partial charge is 0.272 e. The second kappa shape index (κ2) is 9.11. The lowest BCUT2D eigenvalue weighted by atomic mass is 9.81. The van der Waals surface area contributed by atoms with Crippen LogP contribution < -0.4 is 15.5 Å². The molecule has 1 saturated carbocycles. The molecule has 0 saturated heterocycles. The van der Waals surface area contributed by atoms with Crippen molar-refractivity contribution in [2.24, 2.45) is 5.92 Å². The Hall–Kier alpha value is -3.37. The summed E-state index contributed by atoms with van der Waals surface area (Å²) in [5.74, 6) is -0.336. The van der Waals surface area contributed by atoms with Gasteiger partial charge in [-0.3, -0.25) is 14.3 Å². The lowest BCUT2D eigenvalue weighted by molar-refractivity contribution is -0.130. The Morgan fingerprint density at radius 3 is 2.56 bits per heavy atom. The summed E-state index contributed by atoms with van der Waals surface area (Å²) >= 11 is 0. The molecule has 3 aliphatic rings. The first-order chi connectivity index (χ1) is 16.4. The van der Waals surface area contributed by atoms with E-state index in [1.165, 1.54) is 11.1 Å². The summed E-state index contributed by atoms with van der Waals surface area (Å²) in [6.45, 7) is 0. The topological polar surface area (TPSA) is 121 Å². The molecule has 0 radical (unpaired) electrons. The van der Waals surface area contributed by atoms with Gasteiger partial charge >= 0.3 is 0 Å². The predicted octanol–water partition coefficient (Wildman–Crippen LogP) is 2.38. The molecular formula is C24H26N4O5S. The molecule has 0 spiro atoms. The van der Waals surface area contributed by atoms with Gasteiger partial charge in [-0.1, -0.05) is 49.6 Å². The summed E-state index contributed by atoms with van der Waals surface area (Å²) in [4.78, 5) is 26.3. The predicted molar refractivity (Wildman–Crippen MR) is 124 cm³/mol. The number of carbonyl (C=O) groups excluding carboxylic acids is 2. The fourth-order valence-electron chi connectivity index (χ4n) is 4.73. The van der Waals surface area contributed by atoms with Gasteiger partial charge in [0.15, 0.2) is 5.76 Å². The highest BCUT2D eigenvalue weighted by Crippen LogP contribution is 2.38. The second-order valence-corrected chi connectivity index (χ2v) is 10.5. The van der Waals surface area contributed by atoms with Crippen LogP contribution in [-0.4, -0.2) is 31.3 Å². The molecule has 1 fully saturated rings. The van der Waals surface area contributed by atoms with Crippen molar-refractivity contribution in [3.05, 3.63) is 77.5 Å². The van der Waals surface area contributed by atoms with E-state index in [0.717, 1.165) is 32.1 Å². The Morgan fingerprint density at radius 2 is 1.85 bits per heavy atom. The Balaban J connectivity index is 1.35. The minimum atomic E-state index is -3.91. The van der Waals surface area contributed by atoms with Gasteiger partial charge in [0, 0.05) is 5.57 Å². The average Bonchev–Trinajstić information content (AvgIpc) is 3.50. The van der Waals surface area contributed by atoms with E-state index in [1.54, 1.807) is 48.7 Å². The summed E-state index contributed by atoms with van der Waals surface area (Å²) < 4.78 is 32.7. The van der Waals surface area contributed by atoms with Crippen molar-refractivity contribution in [3.63, 3.8) is 0 Å². The van der Waals surface area contributed by atoms with Crippen molar-refractivity contribution >= 4 is 27.5 Å². The van der Waals surface area contributed by atoms with E-state index in [2.05, 4.69) is 15.5 Å². The van der Waals surface area contributed by atoms with Crippen molar-refractivity contribution in [2.45, 2.75) is 43.9 Å². The summed E-state index contributed by atoms with van der Waals surface area (Å²) in [7, 11) is -3.91. The quantitative estimate of drug-likeness (QED) is 0.578. The molecule has 2 aliphatic heterocycles. The van der Waals surface area contributed by atoms with Crippen molar-refractivity contribution in [2.75, 3.05) is 0 Å². The summed E-state index contributed by atoms with van der Waals surface area (Å²) in [6, 6.07) is 11.1. The van der Waals surface area contributed by atoms with E-state index < -0.39 is 22.0 Å². The van der Waals surface area contributed by atoms with Gasteiger partial charge in [0.1, 0.15) is 11.9 Å². The summed E-state index contributed by atoms with van der Waals surface area (Å²) in [6.07, 6.45) is 8.11. The number of carbonyl (C=O) groups is 2. The van der Waals surface area contributed by atoms with Crippen LogP contribution in [0.5, 0.6) is 0 Å². The largest absolute Gasteiger partial charge is 0.463 e. The number of nitrogens with zero attached hydrogens (tertiary/aromatic N) is 1. The molecule has 1 aliphatic carbocycles. The molecule has 10 heteroatoms. The third-order valence-corrected chi connectivity index (χ3v) is 7.53. The zero-order valence-corrected chi connectivity index (χ0v) is 19.3. The van der Waals surface area contributed by atoms with E-state index in [9.17, 15) is 18.0 Å². The summed E-state index contributed by atoms with van der Waals surface area (Å²) in [5, 5.41) is 4.54. The average molecular weight is 483 g/mol. The number of amides is 2.